The number of piperidine rings is 1. The van der Waals surface area contributed by atoms with Gasteiger partial charge in [0, 0.05) is 0 Å². The van der Waals surface area contributed by atoms with Gasteiger partial charge in [0.15, 0.2) is 0 Å². The number of hydrogen-bond donors (Lipinski definition) is 3. The van der Waals surface area contributed by atoms with Crippen LogP contribution < -0.4 is 16.0 Å². The number of rotatable bonds is 2. The highest BCUT2D eigenvalue weighted by atomic mass is 35.5. The van der Waals surface area contributed by atoms with Crippen LogP contribution in [0.25, 0.3) is 0 Å². The van der Waals surface area contributed by atoms with Crippen LogP contribution in [0.3, 0.4) is 0 Å². The van der Waals surface area contributed by atoms with Gasteiger partial charge in [0.1, 0.15) is 6.04 Å². The largest absolute Gasteiger partial charge is 0.345 e. The van der Waals surface area contributed by atoms with Gasteiger partial charge < -0.3 is 16.0 Å². The maximum absolute atomic E-state index is 11.5. The van der Waals surface area contributed by atoms with E-state index in [2.05, 4.69) is 16.0 Å². The van der Waals surface area contributed by atoms with Crippen LogP contribution in [0.5, 0.6) is 0 Å². The molecule has 0 aromatic carbocycles. The molecule has 2 amide bonds. The van der Waals surface area contributed by atoms with Gasteiger partial charge in [-0.15, -0.1) is 12.4 Å². The Balaban J connectivity index is 0.00000128. The molecule has 1 unspecified atom stereocenters. The summed E-state index contributed by atoms with van der Waals surface area (Å²) in [5.41, 5.74) is 0. The zero-order chi connectivity index (χ0) is 10.7. The number of halogens is 1. The summed E-state index contributed by atoms with van der Waals surface area (Å²) < 4.78 is 0. The first-order valence-corrected chi connectivity index (χ1v) is 5.53. The third kappa shape index (κ3) is 3.35. The van der Waals surface area contributed by atoms with Gasteiger partial charge in [0.25, 0.3) is 0 Å². The molecule has 0 spiro atoms. The SMILES string of the molecule is Cl.O=C1CNC(=O)C(CC2CCNCC2)N1. The number of piperazine rings is 1. The molecule has 2 saturated heterocycles. The van der Waals surface area contributed by atoms with Crippen molar-refractivity contribution < 1.29 is 9.59 Å². The van der Waals surface area contributed by atoms with Gasteiger partial charge >= 0.3 is 0 Å². The van der Waals surface area contributed by atoms with Gasteiger partial charge in [-0.3, -0.25) is 9.59 Å². The van der Waals surface area contributed by atoms with E-state index in [-0.39, 0.29) is 36.8 Å². The molecule has 2 heterocycles. The van der Waals surface area contributed by atoms with Gasteiger partial charge in [-0.1, -0.05) is 0 Å². The Hall–Kier alpha value is -0.810. The van der Waals surface area contributed by atoms with Crippen molar-refractivity contribution in [1.29, 1.82) is 0 Å². The molecule has 0 aromatic rings. The third-order valence-corrected chi connectivity index (χ3v) is 3.10. The smallest absolute Gasteiger partial charge is 0.243 e. The minimum Gasteiger partial charge on any atom is -0.345 e. The lowest BCUT2D eigenvalue weighted by atomic mass is 9.90. The molecule has 2 aliphatic heterocycles. The van der Waals surface area contributed by atoms with Gasteiger partial charge in [-0.2, -0.15) is 0 Å². The molecule has 0 bridgehead atoms. The predicted octanol–water partition coefficient (Wildman–Crippen LogP) is -0.587. The molecule has 3 N–H and O–H groups in total. The molecule has 16 heavy (non-hydrogen) atoms. The molecule has 0 radical (unpaired) electrons. The van der Waals surface area contributed by atoms with Crippen molar-refractivity contribution in [2.75, 3.05) is 19.6 Å². The Bertz CT molecular complexity index is 267. The predicted molar refractivity (Wildman–Crippen MR) is 62.4 cm³/mol. The molecule has 0 aliphatic carbocycles. The summed E-state index contributed by atoms with van der Waals surface area (Å²) in [6.07, 6.45) is 2.97. The zero-order valence-corrected chi connectivity index (χ0v) is 9.94. The summed E-state index contributed by atoms with van der Waals surface area (Å²) >= 11 is 0. The van der Waals surface area contributed by atoms with Gasteiger partial charge in [-0.05, 0) is 38.3 Å². The van der Waals surface area contributed by atoms with E-state index >= 15 is 0 Å². The maximum atomic E-state index is 11.5. The number of nitrogens with one attached hydrogen (secondary N) is 3. The average Bonchev–Trinajstić information content (AvgIpc) is 2.25. The van der Waals surface area contributed by atoms with Crippen LogP contribution >= 0.6 is 12.4 Å². The van der Waals surface area contributed by atoms with Gasteiger partial charge in [0.2, 0.25) is 11.8 Å². The lowest BCUT2D eigenvalue weighted by molar-refractivity contribution is -0.134. The average molecular weight is 248 g/mol. The van der Waals surface area contributed by atoms with Crippen molar-refractivity contribution in [2.45, 2.75) is 25.3 Å². The van der Waals surface area contributed by atoms with E-state index in [1.807, 2.05) is 0 Å². The second-order valence-corrected chi connectivity index (χ2v) is 4.27. The minimum absolute atomic E-state index is 0. The first-order chi connectivity index (χ1) is 7.25. The van der Waals surface area contributed by atoms with Crippen LogP contribution in [0.4, 0.5) is 0 Å². The molecular weight excluding hydrogens is 230 g/mol. The van der Waals surface area contributed by atoms with Crippen molar-refractivity contribution in [3.8, 4) is 0 Å². The second-order valence-electron chi connectivity index (χ2n) is 4.27. The molecular formula is C10H18ClN3O2. The number of carbonyl (C=O) groups is 2. The molecule has 2 aliphatic rings. The molecule has 1 atom stereocenters. The highest BCUT2D eigenvalue weighted by molar-refractivity contribution is 5.94. The van der Waals surface area contributed by atoms with Crippen molar-refractivity contribution >= 4 is 24.2 Å². The van der Waals surface area contributed by atoms with Crippen molar-refractivity contribution in [3.05, 3.63) is 0 Å². The molecule has 0 saturated carbocycles. The van der Waals surface area contributed by atoms with Crippen LogP contribution in [-0.2, 0) is 9.59 Å². The van der Waals surface area contributed by atoms with E-state index in [9.17, 15) is 9.59 Å². The molecule has 2 rings (SSSR count). The zero-order valence-electron chi connectivity index (χ0n) is 9.12. The highest BCUT2D eigenvalue weighted by Gasteiger charge is 2.28. The fraction of sp³-hybridized carbons (Fsp3) is 0.800. The molecule has 5 nitrogen and oxygen atoms in total. The van der Waals surface area contributed by atoms with Crippen molar-refractivity contribution in [2.24, 2.45) is 5.92 Å². The van der Waals surface area contributed by atoms with Crippen LogP contribution in [-0.4, -0.2) is 37.5 Å². The topological polar surface area (TPSA) is 70.2 Å². The molecule has 6 heteroatoms. The lowest BCUT2D eigenvalue weighted by Gasteiger charge is -2.29. The standard InChI is InChI=1S/C10H17N3O2.ClH/c14-9-6-12-10(15)8(13-9)5-7-1-3-11-4-2-7;/h7-8,11H,1-6H2,(H,12,15)(H,13,14);1H. The van der Waals surface area contributed by atoms with Crippen molar-refractivity contribution in [3.63, 3.8) is 0 Å². The first-order valence-electron chi connectivity index (χ1n) is 5.53. The summed E-state index contributed by atoms with van der Waals surface area (Å²) in [4.78, 5) is 22.6. The van der Waals surface area contributed by atoms with Crippen LogP contribution in [0.15, 0.2) is 0 Å². The second kappa shape index (κ2) is 6.06. The highest BCUT2D eigenvalue weighted by Crippen LogP contribution is 2.18. The number of hydrogen-bond acceptors (Lipinski definition) is 3. The minimum atomic E-state index is -0.311. The van der Waals surface area contributed by atoms with E-state index in [4.69, 9.17) is 0 Å². The Morgan fingerprint density at radius 2 is 1.88 bits per heavy atom. The fourth-order valence-electron chi connectivity index (χ4n) is 2.22. The van der Waals surface area contributed by atoms with Crippen molar-refractivity contribution in [1.82, 2.24) is 16.0 Å². The Kier molecular flexibility index (Phi) is 5.02. The fourth-order valence-corrected chi connectivity index (χ4v) is 2.22. The van der Waals surface area contributed by atoms with E-state index in [0.29, 0.717) is 5.92 Å². The number of amides is 2. The summed E-state index contributed by atoms with van der Waals surface area (Å²) in [7, 11) is 0. The molecule has 92 valence electrons. The van der Waals surface area contributed by atoms with E-state index in [0.717, 1.165) is 32.4 Å². The quantitative estimate of drug-likeness (QED) is 0.611. The lowest BCUT2D eigenvalue weighted by Crippen LogP contribution is -2.56. The van der Waals surface area contributed by atoms with E-state index < -0.39 is 0 Å². The summed E-state index contributed by atoms with van der Waals surface area (Å²) in [5.74, 6) is 0.446. The van der Waals surface area contributed by atoms with Gasteiger partial charge in [-0.25, -0.2) is 0 Å². The van der Waals surface area contributed by atoms with Crippen LogP contribution in [0.1, 0.15) is 19.3 Å². The van der Waals surface area contributed by atoms with E-state index in [1.54, 1.807) is 0 Å². The third-order valence-electron chi connectivity index (χ3n) is 3.10. The summed E-state index contributed by atoms with van der Waals surface area (Å²) in [5, 5.41) is 8.63. The van der Waals surface area contributed by atoms with Crippen LogP contribution in [0.2, 0.25) is 0 Å². The molecule has 0 aromatic heterocycles. The van der Waals surface area contributed by atoms with Gasteiger partial charge in [0.05, 0.1) is 6.54 Å². The van der Waals surface area contributed by atoms with E-state index in [1.165, 1.54) is 0 Å². The summed E-state index contributed by atoms with van der Waals surface area (Å²) in [6.45, 7) is 2.17. The van der Waals surface area contributed by atoms with Crippen LogP contribution in [0, 0.1) is 5.92 Å². The Morgan fingerprint density at radius 1 is 1.19 bits per heavy atom. The summed E-state index contributed by atoms with van der Waals surface area (Å²) in [6, 6.07) is -0.311. The molecule has 2 fully saturated rings. The Labute approximate surface area is 101 Å². The monoisotopic (exact) mass is 247 g/mol. The normalized spacial score (nSPS) is 26.6. The Morgan fingerprint density at radius 3 is 2.56 bits per heavy atom. The first kappa shape index (κ1) is 13.3. The number of carbonyl (C=O) groups excluding carboxylic acids is 2. The maximum Gasteiger partial charge on any atom is 0.243 e.